The van der Waals surface area contributed by atoms with Crippen LogP contribution in [0.2, 0.25) is 0 Å². The monoisotopic (exact) mass is 549 g/mol. The minimum absolute atomic E-state index is 0.244. The molecule has 4 aromatic carbocycles. The molecule has 0 spiro atoms. The van der Waals surface area contributed by atoms with Gasteiger partial charge in [-0.05, 0) is 59.7 Å². The van der Waals surface area contributed by atoms with Crippen LogP contribution in [-0.4, -0.2) is 44.4 Å². The number of aromatic nitrogens is 1. The van der Waals surface area contributed by atoms with Crippen LogP contribution in [0.15, 0.2) is 96.1 Å². The molecule has 0 bridgehead atoms. The van der Waals surface area contributed by atoms with Gasteiger partial charge in [-0.1, -0.05) is 42.5 Å². The third kappa shape index (κ3) is 5.74. The zero-order valence-corrected chi connectivity index (χ0v) is 22.6. The van der Waals surface area contributed by atoms with E-state index in [0.29, 0.717) is 39.6 Å². The first-order chi connectivity index (χ1) is 20.0. The van der Waals surface area contributed by atoms with E-state index in [0.717, 1.165) is 16.5 Å². The maximum absolute atomic E-state index is 13.3. The zero-order chi connectivity index (χ0) is 28.8. The number of H-pyrrole nitrogens is 1. The maximum Gasteiger partial charge on any atom is 0.343 e. The van der Waals surface area contributed by atoms with Gasteiger partial charge in [0.25, 0.3) is 5.91 Å². The van der Waals surface area contributed by atoms with Gasteiger partial charge in [0.1, 0.15) is 17.2 Å². The third-order valence-electron chi connectivity index (χ3n) is 6.40. The van der Waals surface area contributed by atoms with E-state index < -0.39 is 11.9 Å². The van der Waals surface area contributed by atoms with Crippen molar-refractivity contribution < 1.29 is 28.5 Å². The molecule has 0 fully saturated rings. The molecule has 9 nitrogen and oxygen atoms in total. The normalized spacial score (nSPS) is 10.9. The lowest BCUT2D eigenvalue weighted by atomic mass is 10.0. The van der Waals surface area contributed by atoms with Gasteiger partial charge >= 0.3 is 5.97 Å². The van der Waals surface area contributed by atoms with Crippen molar-refractivity contribution in [3.8, 4) is 34.1 Å². The van der Waals surface area contributed by atoms with Crippen LogP contribution < -0.4 is 24.4 Å². The number of esters is 1. The maximum atomic E-state index is 13.3. The number of carbonyl (C=O) groups is 2. The number of carbonyl (C=O) groups excluding carboxylic acids is 2. The first-order valence-corrected chi connectivity index (χ1v) is 12.6. The van der Waals surface area contributed by atoms with Crippen LogP contribution in [0, 0.1) is 0 Å². The quantitative estimate of drug-likeness (QED) is 0.103. The predicted molar refractivity (Wildman–Crippen MR) is 156 cm³/mol. The van der Waals surface area contributed by atoms with Crippen LogP contribution in [0.25, 0.3) is 22.0 Å². The number of nitrogens with one attached hydrogen (secondary N) is 2. The number of hydrogen-bond acceptors (Lipinski definition) is 7. The van der Waals surface area contributed by atoms with E-state index in [1.165, 1.54) is 13.3 Å². The highest BCUT2D eigenvalue weighted by Gasteiger charge is 2.21. The second-order valence-corrected chi connectivity index (χ2v) is 8.85. The summed E-state index contributed by atoms with van der Waals surface area (Å²) in [6.45, 7) is 0. The van der Waals surface area contributed by atoms with Crippen LogP contribution in [0.1, 0.15) is 26.4 Å². The Bertz CT molecular complexity index is 1730. The van der Waals surface area contributed by atoms with Crippen molar-refractivity contribution >= 4 is 29.0 Å². The van der Waals surface area contributed by atoms with E-state index in [4.69, 9.17) is 18.9 Å². The highest BCUT2D eigenvalue weighted by Crippen LogP contribution is 2.36. The Labute approximate surface area is 236 Å². The number of para-hydroxylation sites is 1. The van der Waals surface area contributed by atoms with Gasteiger partial charge in [0, 0.05) is 10.9 Å². The summed E-state index contributed by atoms with van der Waals surface area (Å²) in [6, 6.07) is 26.8. The average Bonchev–Trinajstić information content (AvgIpc) is 3.42. The number of aromatic amines is 1. The van der Waals surface area contributed by atoms with Crippen LogP contribution in [0.3, 0.4) is 0 Å². The molecular weight excluding hydrogens is 522 g/mol. The molecule has 1 heterocycles. The molecule has 0 aliphatic heterocycles. The number of hydrazone groups is 1. The summed E-state index contributed by atoms with van der Waals surface area (Å²) in [5, 5.41) is 5.00. The number of benzene rings is 4. The lowest BCUT2D eigenvalue weighted by Crippen LogP contribution is -2.18. The number of nitrogens with zero attached hydrogens (tertiary/aromatic N) is 1. The molecule has 41 heavy (non-hydrogen) atoms. The Morgan fingerprint density at radius 3 is 2.24 bits per heavy atom. The summed E-state index contributed by atoms with van der Waals surface area (Å²) < 4.78 is 21.6. The van der Waals surface area contributed by atoms with E-state index in [1.807, 2.05) is 48.5 Å². The highest BCUT2D eigenvalue weighted by molar-refractivity contribution is 6.11. The molecule has 0 atom stereocenters. The number of hydrogen-bond donors (Lipinski definition) is 2. The molecular formula is C32H27N3O6. The molecule has 0 radical (unpaired) electrons. The van der Waals surface area contributed by atoms with E-state index in [1.54, 1.807) is 56.7 Å². The van der Waals surface area contributed by atoms with Gasteiger partial charge < -0.3 is 23.9 Å². The Balaban J connectivity index is 1.35. The van der Waals surface area contributed by atoms with Crippen molar-refractivity contribution in [3.05, 3.63) is 108 Å². The van der Waals surface area contributed by atoms with Crippen molar-refractivity contribution in [2.45, 2.75) is 0 Å². The molecule has 0 aliphatic carbocycles. The Hall–Kier alpha value is -5.57. The van der Waals surface area contributed by atoms with Gasteiger partial charge in [0.15, 0.2) is 11.5 Å². The largest absolute Gasteiger partial charge is 0.497 e. The summed E-state index contributed by atoms with van der Waals surface area (Å²) in [7, 11) is 4.61. The summed E-state index contributed by atoms with van der Waals surface area (Å²) in [6.07, 6.45) is 1.47. The Kier molecular flexibility index (Phi) is 7.96. The van der Waals surface area contributed by atoms with E-state index in [9.17, 15) is 9.59 Å². The standard InChI is InChI=1S/C32H27N3O6/c1-38-23-15-13-22(14-16-23)32(37)41-25-17-12-20(18-27(25)40-3)19-33-35-31(36)30-28(21-8-5-4-6-9-21)24-10-7-11-26(39-2)29(24)34-30/h4-19,34H,1-3H3,(H,35,36). The summed E-state index contributed by atoms with van der Waals surface area (Å²) in [4.78, 5) is 29.1. The SMILES string of the molecule is COc1ccc(C(=O)Oc2ccc(C=NNC(=O)c3[nH]c4c(OC)cccc4c3-c3ccccc3)cc2OC)cc1. The molecule has 0 unspecified atom stereocenters. The zero-order valence-electron chi connectivity index (χ0n) is 22.6. The van der Waals surface area contributed by atoms with Crippen molar-refractivity contribution in [2.75, 3.05) is 21.3 Å². The fourth-order valence-electron chi connectivity index (χ4n) is 4.39. The molecule has 5 aromatic rings. The number of amides is 1. The van der Waals surface area contributed by atoms with Crippen molar-refractivity contribution in [1.82, 2.24) is 10.4 Å². The first-order valence-electron chi connectivity index (χ1n) is 12.6. The fourth-order valence-corrected chi connectivity index (χ4v) is 4.39. The molecule has 9 heteroatoms. The van der Waals surface area contributed by atoms with Gasteiger partial charge in [0.2, 0.25) is 0 Å². The first kappa shape index (κ1) is 27.0. The van der Waals surface area contributed by atoms with Crippen LogP contribution >= 0.6 is 0 Å². The molecule has 1 aromatic heterocycles. The van der Waals surface area contributed by atoms with Crippen LogP contribution in [0.4, 0.5) is 0 Å². The van der Waals surface area contributed by atoms with Crippen LogP contribution in [0.5, 0.6) is 23.0 Å². The van der Waals surface area contributed by atoms with E-state index >= 15 is 0 Å². The summed E-state index contributed by atoms with van der Waals surface area (Å²) >= 11 is 0. The van der Waals surface area contributed by atoms with Gasteiger partial charge in [-0.25, -0.2) is 10.2 Å². The number of methoxy groups -OCH3 is 3. The molecule has 5 rings (SSSR count). The van der Waals surface area contributed by atoms with Gasteiger partial charge in [-0.3, -0.25) is 4.79 Å². The minimum Gasteiger partial charge on any atom is -0.497 e. The van der Waals surface area contributed by atoms with Crippen molar-refractivity contribution in [2.24, 2.45) is 5.10 Å². The Morgan fingerprint density at radius 2 is 1.54 bits per heavy atom. The van der Waals surface area contributed by atoms with E-state index in [2.05, 4.69) is 15.5 Å². The smallest absolute Gasteiger partial charge is 0.343 e. The van der Waals surface area contributed by atoms with Crippen LogP contribution in [-0.2, 0) is 0 Å². The second-order valence-electron chi connectivity index (χ2n) is 8.85. The molecule has 2 N–H and O–H groups in total. The molecule has 206 valence electrons. The second kappa shape index (κ2) is 12.1. The lowest BCUT2D eigenvalue weighted by molar-refractivity contribution is 0.0729. The third-order valence-corrected chi connectivity index (χ3v) is 6.40. The molecule has 0 aliphatic rings. The average molecular weight is 550 g/mol. The van der Waals surface area contributed by atoms with E-state index in [-0.39, 0.29) is 5.75 Å². The number of ether oxygens (including phenoxy) is 4. The predicted octanol–water partition coefficient (Wildman–Crippen LogP) is 5.84. The Morgan fingerprint density at radius 1 is 0.780 bits per heavy atom. The summed E-state index contributed by atoms with van der Waals surface area (Å²) in [5.74, 6) is 0.877. The van der Waals surface area contributed by atoms with Gasteiger partial charge in [-0.15, -0.1) is 0 Å². The van der Waals surface area contributed by atoms with Crippen molar-refractivity contribution in [3.63, 3.8) is 0 Å². The molecule has 0 saturated carbocycles. The molecule has 1 amide bonds. The fraction of sp³-hybridized carbons (Fsp3) is 0.0938. The summed E-state index contributed by atoms with van der Waals surface area (Å²) in [5.41, 5.74) is 6.27. The minimum atomic E-state index is -0.538. The number of fused-ring (bicyclic) bond motifs is 1. The van der Waals surface area contributed by atoms with Gasteiger partial charge in [-0.2, -0.15) is 5.10 Å². The lowest BCUT2D eigenvalue weighted by Gasteiger charge is -2.10. The number of rotatable bonds is 9. The molecule has 0 saturated heterocycles. The topological polar surface area (TPSA) is 111 Å². The highest BCUT2D eigenvalue weighted by atomic mass is 16.6. The van der Waals surface area contributed by atoms with Crippen molar-refractivity contribution in [1.29, 1.82) is 0 Å². The van der Waals surface area contributed by atoms with Gasteiger partial charge in [0.05, 0.1) is 38.6 Å².